The molecule has 0 spiro atoms. The molecule has 2 aliphatic rings. The van der Waals surface area contributed by atoms with Gasteiger partial charge in [-0.25, -0.2) is 0 Å². The first kappa shape index (κ1) is 31.6. The van der Waals surface area contributed by atoms with Crippen LogP contribution in [0.1, 0.15) is 49.9 Å². The summed E-state index contributed by atoms with van der Waals surface area (Å²) >= 11 is 1.90. The molecule has 9 aromatic rings. The van der Waals surface area contributed by atoms with E-state index < -0.39 is 0 Å². The zero-order valence-corrected chi connectivity index (χ0v) is 31.8. The highest BCUT2D eigenvalue weighted by atomic mass is 32.1. The van der Waals surface area contributed by atoms with Crippen LogP contribution in [0.4, 0.5) is 17.1 Å². The molecule has 0 bridgehead atoms. The number of rotatable bonds is 4. The molecular weight excluding hydrogens is 671 g/mol. The van der Waals surface area contributed by atoms with E-state index in [2.05, 4.69) is 196 Å². The van der Waals surface area contributed by atoms with Crippen molar-refractivity contribution in [3.63, 3.8) is 0 Å². The van der Waals surface area contributed by atoms with Crippen molar-refractivity contribution in [3.05, 3.63) is 186 Å². The van der Waals surface area contributed by atoms with Crippen molar-refractivity contribution in [1.29, 1.82) is 0 Å². The first-order valence-electron chi connectivity index (χ1n) is 19.0. The molecule has 11 rings (SSSR count). The Kier molecular flexibility index (Phi) is 6.59. The van der Waals surface area contributed by atoms with Crippen molar-refractivity contribution < 1.29 is 0 Å². The maximum absolute atomic E-state index is 2.47. The van der Waals surface area contributed by atoms with Gasteiger partial charge in [-0.3, -0.25) is 0 Å². The molecule has 0 radical (unpaired) electrons. The van der Waals surface area contributed by atoms with Gasteiger partial charge < -0.3 is 4.90 Å². The van der Waals surface area contributed by atoms with Gasteiger partial charge in [-0.15, -0.1) is 11.3 Å². The van der Waals surface area contributed by atoms with Crippen LogP contribution in [-0.4, -0.2) is 0 Å². The van der Waals surface area contributed by atoms with Crippen LogP contribution in [0.25, 0.3) is 64.3 Å². The summed E-state index contributed by atoms with van der Waals surface area (Å²) in [5.41, 5.74) is 16.8. The number of hydrogen-bond donors (Lipinski definition) is 0. The molecule has 0 saturated carbocycles. The molecular formula is C52H39NS. The van der Waals surface area contributed by atoms with Crippen LogP contribution in [0.15, 0.2) is 164 Å². The van der Waals surface area contributed by atoms with Crippen LogP contribution in [0, 0.1) is 0 Å². The molecule has 0 N–H and O–H groups in total. The molecule has 1 heterocycles. The number of benzene rings is 8. The maximum Gasteiger partial charge on any atom is 0.0465 e. The third kappa shape index (κ3) is 4.38. The van der Waals surface area contributed by atoms with Crippen LogP contribution in [0.2, 0.25) is 0 Å². The molecule has 8 aromatic carbocycles. The SMILES string of the molecule is CC1(C)c2ccccc2-c2ccc(N(c3ccc(-c4c5ccccc5cc5c4sc4ccccc45)cc3)c3ccc4c(c3)C(C)(C)c3ccccc3-4)cc21. The van der Waals surface area contributed by atoms with E-state index in [0.717, 1.165) is 5.69 Å². The summed E-state index contributed by atoms with van der Waals surface area (Å²) in [5.74, 6) is 0. The van der Waals surface area contributed by atoms with Gasteiger partial charge >= 0.3 is 0 Å². The molecule has 0 atom stereocenters. The fourth-order valence-electron chi connectivity index (χ4n) is 9.70. The molecule has 0 fully saturated rings. The van der Waals surface area contributed by atoms with E-state index in [1.54, 1.807) is 0 Å². The molecule has 54 heavy (non-hydrogen) atoms. The number of nitrogens with zero attached hydrogens (tertiary/aromatic N) is 1. The topological polar surface area (TPSA) is 3.24 Å². The second-order valence-corrected chi connectivity index (χ2v) is 17.2. The van der Waals surface area contributed by atoms with E-state index in [-0.39, 0.29) is 10.8 Å². The van der Waals surface area contributed by atoms with Gasteiger partial charge in [0.1, 0.15) is 0 Å². The van der Waals surface area contributed by atoms with Gasteiger partial charge in [0.05, 0.1) is 0 Å². The highest BCUT2D eigenvalue weighted by molar-refractivity contribution is 7.26. The Bertz CT molecular complexity index is 2890. The van der Waals surface area contributed by atoms with Gasteiger partial charge in [0.25, 0.3) is 0 Å². The lowest BCUT2D eigenvalue weighted by atomic mass is 9.82. The number of anilines is 3. The largest absolute Gasteiger partial charge is 0.310 e. The van der Waals surface area contributed by atoms with E-state index >= 15 is 0 Å². The normalized spacial score (nSPS) is 14.6. The van der Waals surface area contributed by atoms with Gasteiger partial charge in [0.15, 0.2) is 0 Å². The summed E-state index contributed by atoms with van der Waals surface area (Å²) in [6.07, 6.45) is 0. The average molecular weight is 710 g/mol. The third-order valence-electron chi connectivity index (χ3n) is 12.5. The molecule has 0 unspecified atom stereocenters. The Hall–Kier alpha value is -5.96. The monoisotopic (exact) mass is 709 g/mol. The fourth-order valence-corrected chi connectivity index (χ4v) is 11.0. The quantitative estimate of drug-likeness (QED) is 0.176. The summed E-state index contributed by atoms with van der Waals surface area (Å²) in [7, 11) is 0. The zero-order chi connectivity index (χ0) is 36.3. The molecule has 2 heteroatoms. The fraction of sp³-hybridized carbons (Fsp3) is 0.115. The van der Waals surface area contributed by atoms with Crippen LogP contribution in [0.5, 0.6) is 0 Å². The lowest BCUT2D eigenvalue weighted by Gasteiger charge is -2.30. The minimum atomic E-state index is -0.0942. The number of hydrogen-bond acceptors (Lipinski definition) is 2. The van der Waals surface area contributed by atoms with Gasteiger partial charge in [-0.05, 0) is 109 Å². The predicted molar refractivity (Wildman–Crippen MR) is 232 cm³/mol. The van der Waals surface area contributed by atoms with Crippen LogP contribution in [0.3, 0.4) is 0 Å². The lowest BCUT2D eigenvalue weighted by molar-refractivity contribution is 0.660. The Morgan fingerprint density at radius 2 is 0.907 bits per heavy atom. The Balaban J connectivity index is 1.10. The highest BCUT2D eigenvalue weighted by Gasteiger charge is 2.37. The Labute approximate surface area is 320 Å². The molecule has 1 nitrogen and oxygen atoms in total. The second kappa shape index (κ2) is 11.3. The van der Waals surface area contributed by atoms with Crippen molar-refractivity contribution in [2.24, 2.45) is 0 Å². The first-order chi connectivity index (χ1) is 26.3. The van der Waals surface area contributed by atoms with Crippen molar-refractivity contribution in [1.82, 2.24) is 0 Å². The molecule has 0 aliphatic heterocycles. The van der Waals surface area contributed by atoms with Gasteiger partial charge in [0, 0.05) is 53.6 Å². The first-order valence-corrected chi connectivity index (χ1v) is 19.8. The van der Waals surface area contributed by atoms with Crippen molar-refractivity contribution in [2.75, 3.05) is 4.90 Å². The van der Waals surface area contributed by atoms with E-state index in [0.29, 0.717) is 0 Å². The van der Waals surface area contributed by atoms with E-state index in [9.17, 15) is 0 Å². The minimum absolute atomic E-state index is 0.0942. The van der Waals surface area contributed by atoms with Crippen molar-refractivity contribution >= 4 is 59.3 Å². The number of fused-ring (bicyclic) bond motifs is 10. The summed E-state index contributed by atoms with van der Waals surface area (Å²) in [5, 5.41) is 5.23. The van der Waals surface area contributed by atoms with Crippen LogP contribution in [-0.2, 0) is 10.8 Å². The summed E-state index contributed by atoms with van der Waals surface area (Å²) in [6.45, 7) is 9.48. The summed E-state index contributed by atoms with van der Waals surface area (Å²) in [4.78, 5) is 2.47. The predicted octanol–water partition coefficient (Wildman–Crippen LogP) is 15.0. The summed E-state index contributed by atoms with van der Waals surface area (Å²) in [6, 6.07) is 61.5. The van der Waals surface area contributed by atoms with Crippen molar-refractivity contribution in [2.45, 2.75) is 38.5 Å². The molecule has 2 aliphatic carbocycles. The highest BCUT2D eigenvalue weighted by Crippen LogP contribution is 2.53. The molecule has 258 valence electrons. The standard InChI is InChI=1S/C52H39NS/c1-51(2)44-18-10-7-15-38(44)40-27-25-35(30-46(40)51)53(36-26-28-41-39-16-8-11-19-45(39)52(3,4)47(41)31-36)34-23-21-32(22-24-34)49-37-14-6-5-13-33(37)29-43-42-17-9-12-20-48(42)54-50(43)49/h5-31H,1-4H3. The van der Waals surface area contributed by atoms with E-state index in [1.165, 1.54) is 98.0 Å². The van der Waals surface area contributed by atoms with E-state index in [4.69, 9.17) is 0 Å². The Morgan fingerprint density at radius 3 is 1.54 bits per heavy atom. The third-order valence-corrected chi connectivity index (χ3v) is 13.7. The maximum atomic E-state index is 2.47. The van der Waals surface area contributed by atoms with E-state index in [1.807, 2.05) is 11.3 Å². The lowest BCUT2D eigenvalue weighted by Crippen LogP contribution is -2.18. The zero-order valence-electron chi connectivity index (χ0n) is 30.9. The second-order valence-electron chi connectivity index (χ2n) is 16.1. The van der Waals surface area contributed by atoms with Crippen LogP contribution < -0.4 is 4.90 Å². The van der Waals surface area contributed by atoms with Crippen molar-refractivity contribution in [3.8, 4) is 33.4 Å². The van der Waals surface area contributed by atoms with Gasteiger partial charge in [0.2, 0.25) is 0 Å². The van der Waals surface area contributed by atoms with Gasteiger partial charge in [-0.2, -0.15) is 0 Å². The summed E-state index contributed by atoms with van der Waals surface area (Å²) < 4.78 is 2.68. The molecule has 0 amide bonds. The minimum Gasteiger partial charge on any atom is -0.310 e. The molecule has 0 saturated heterocycles. The average Bonchev–Trinajstić information content (AvgIpc) is 3.77. The van der Waals surface area contributed by atoms with Gasteiger partial charge in [-0.1, -0.05) is 143 Å². The Morgan fingerprint density at radius 1 is 0.407 bits per heavy atom. The number of thiophene rings is 1. The smallest absolute Gasteiger partial charge is 0.0465 e. The van der Waals surface area contributed by atoms with Crippen LogP contribution >= 0.6 is 11.3 Å². The molecule has 1 aromatic heterocycles.